The van der Waals surface area contributed by atoms with Crippen molar-refractivity contribution in [1.82, 2.24) is 14.5 Å². The molecule has 0 bridgehead atoms. The second kappa shape index (κ2) is 9.89. The molecule has 0 radical (unpaired) electrons. The van der Waals surface area contributed by atoms with Crippen LogP contribution in [0.25, 0.3) is 27.7 Å². The molecule has 2 aliphatic heterocycles. The van der Waals surface area contributed by atoms with E-state index in [4.69, 9.17) is 33.7 Å². The van der Waals surface area contributed by atoms with Gasteiger partial charge < -0.3 is 15.4 Å². The van der Waals surface area contributed by atoms with Gasteiger partial charge in [0.1, 0.15) is 12.4 Å². The normalized spacial score (nSPS) is 16.7. The lowest BCUT2D eigenvalue weighted by Crippen LogP contribution is -2.43. The third-order valence-corrected chi connectivity index (χ3v) is 8.37. The fourth-order valence-corrected chi connectivity index (χ4v) is 6.31. The van der Waals surface area contributed by atoms with Crippen molar-refractivity contribution < 1.29 is 13.5 Å². The van der Waals surface area contributed by atoms with Crippen LogP contribution in [0, 0.1) is 18.6 Å². The SMILES string of the molecule is Cc1ccnc(C(C)C)c1-n1c(=O)nc2c3c(c(F)c(-c4c(N)c(Cl)cc(Cl)c4F)cc31)OC[C@H]1CCCCN21. The lowest BCUT2D eigenvalue weighted by molar-refractivity contribution is 0.258. The molecule has 0 saturated carbocycles. The Bertz CT molecular complexity index is 1730. The number of hydrogen-bond acceptors (Lipinski definition) is 6. The number of nitrogens with two attached hydrogens (primary N) is 1. The molecular weight excluding hydrogens is 559 g/mol. The molecule has 2 aliphatic rings. The third kappa shape index (κ3) is 4.01. The number of hydrogen-bond donors (Lipinski definition) is 1. The summed E-state index contributed by atoms with van der Waals surface area (Å²) in [4.78, 5) is 25.1. The maximum atomic E-state index is 16.5. The van der Waals surface area contributed by atoms with Gasteiger partial charge in [-0.05, 0) is 55.9 Å². The topological polar surface area (TPSA) is 86.3 Å². The quantitative estimate of drug-likeness (QED) is 0.210. The minimum absolute atomic E-state index is 0.0252. The Morgan fingerprint density at radius 3 is 2.67 bits per heavy atom. The predicted octanol–water partition coefficient (Wildman–Crippen LogP) is 6.80. The zero-order valence-electron chi connectivity index (χ0n) is 22.2. The number of nitrogens with zero attached hydrogens (tertiary/aromatic N) is 4. The number of benzene rings is 2. The number of aromatic nitrogens is 3. The number of fused-ring (bicyclic) bond motifs is 2. The van der Waals surface area contributed by atoms with Crippen molar-refractivity contribution in [3.05, 3.63) is 67.8 Å². The van der Waals surface area contributed by atoms with Crippen molar-refractivity contribution in [2.45, 2.75) is 52.0 Å². The molecule has 4 heterocycles. The molecule has 6 rings (SSSR count). The average molecular weight is 586 g/mol. The first kappa shape index (κ1) is 26.8. The second-order valence-electron chi connectivity index (χ2n) is 10.6. The van der Waals surface area contributed by atoms with Crippen LogP contribution in [-0.2, 0) is 0 Å². The summed E-state index contributed by atoms with van der Waals surface area (Å²) in [5, 5.41) is -0.00579. The Kier molecular flexibility index (Phi) is 6.62. The molecule has 2 aromatic carbocycles. The van der Waals surface area contributed by atoms with E-state index in [1.165, 1.54) is 16.7 Å². The molecule has 0 aliphatic carbocycles. The summed E-state index contributed by atoms with van der Waals surface area (Å²) in [5.41, 5.74) is 7.18. The van der Waals surface area contributed by atoms with Gasteiger partial charge in [-0.1, -0.05) is 37.0 Å². The van der Waals surface area contributed by atoms with Crippen molar-refractivity contribution >= 4 is 45.6 Å². The molecule has 40 heavy (non-hydrogen) atoms. The summed E-state index contributed by atoms with van der Waals surface area (Å²) in [6.07, 6.45) is 4.36. The first-order valence-electron chi connectivity index (χ1n) is 13.2. The summed E-state index contributed by atoms with van der Waals surface area (Å²) in [7, 11) is 0. The second-order valence-corrected chi connectivity index (χ2v) is 11.4. The van der Waals surface area contributed by atoms with E-state index in [2.05, 4.69) is 9.97 Å². The molecule has 1 saturated heterocycles. The van der Waals surface area contributed by atoms with Crippen molar-refractivity contribution in [3.8, 4) is 22.6 Å². The van der Waals surface area contributed by atoms with Crippen molar-refractivity contribution in [1.29, 1.82) is 0 Å². The van der Waals surface area contributed by atoms with Gasteiger partial charge in [0.05, 0.1) is 44.1 Å². The number of piperidine rings is 1. The van der Waals surface area contributed by atoms with Crippen LogP contribution < -0.4 is 21.1 Å². The Balaban J connectivity index is 1.81. The molecule has 0 amide bonds. The van der Waals surface area contributed by atoms with E-state index >= 15 is 8.78 Å². The first-order chi connectivity index (χ1) is 19.1. The van der Waals surface area contributed by atoms with Crippen LogP contribution in [0.4, 0.5) is 20.3 Å². The first-order valence-corrected chi connectivity index (χ1v) is 13.9. The molecule has 2 aromatic heterocycles. The van der Waals surface area contributed by atoms with E-state index < -0.39 is 17.3 Å². The summed E-state index contributed by atoms with van der Waals surface area (Å²) >= 11 is 12.4. The molecule has 7 nitrogen and oxygen atoms in total. The smallest absolute Gasteiger partial charge is 0.354 e. The molecule has 2 N–H and O–H groups in total. The van der Waals surface area contributed by atoms with Crippen LogP contribution in [0.1, 0.15) is 50.3 Å². The van der Waals surface area contributed by atoms with Crippen molar-refractivity contribution in [2.24, 2.45) is 0 Å². The highest BCUT2D eigenvalue weighted by Crippen LogP contribution is 2.47. The average Bonchev–Trinajstić information content (AvgIpc) is 3.08. The van der Waals surface area contributed by atoms with E-state index in [0.29, 0.717) is 34.6 Å². The highest BCUT2D eigenvalue weighted by Gasteiger charge is 2.35. The van der Waals surface area contributed by atoms with E-state index in [9.17, 15) is 4.79 Å². The van der Waals surface area contributed by atoms with Crippen LogP contribution in [-0.4, -0.2) is 33.7 Å². The number of pyridine rings is 1. The van der Waals surface area contributed by atoms with E-state index in [1.54, 1.807) is 12.3 Å². The molecule has 1 fully saturated rings. The molecular formula is C29H27Cl2F2N5O2. The van der Waals surface area contributed by atoms with Gasteiger partial charge in [0, 0.05) is 23.9 Å². The van der Waals surface area contributed by atoms with Gasteiger partial charge in [-0.15, -0.1) is 0 Å². The largest absolute Gasteiger partial charge is 0.487 e. The van der Waals surface area contributed by atoms with Crippen LogP contribution in [0.5, 0.6) is 5.75 Å². The maximum Gasteiger partial charge on any atom is 0.354 e. The monoisotopic (exact) mass is 585 g/mol. The molecule has 0 unspecified atom stereocenters. The number of nitrogen functional groups attached to an aromatic ring is 1. The van der Waals surface area contributed by atoms with Crippen LogP contribution in [0.15, 0.2) is 29.2 Å². The standard InChI is InChI=1S/C29H27Cl2F2N5O2/c1-13(2)25-26(14(3)7-8-35-25)38-19-10-16(20-23(33)17(30)11-18(31)24(20)34)22(32)27-21(19)28(36-29(38)39)37-9-5-4-6-15(37)12-40-27/h7-8,10-11,13,15H,4-6,9,12,34H2,1-3H3/t15-/m1/s1. The van der Waals surface area contributed by atoms with E-state index in [1.807, 2.05) is 25.7 Å². The van der Waals surface area contributed by atoms with Gasteiger partial charge in [0.25, 0.3) is 0 Å². The molecule has 11 heteroatoms. The fraction of sp³-hybridized carbons (Fsp3) is 0.345. The minimum atomic E-state index is -0.927. The minimum Gasteiger partial charge on any atom is -0.487 e. The lowest BCUT2D eigenvalue weighted by atomic mass is 9.98. The zero-order valence-corrected chi connectivity index (χ0v) is 23.7. The number of halogens is 4. The summed E-state index contributed by atoms with van der Waals surface area (Å²) in [5.74, 6) is -1.58. The van der Waals surface area contributed by atoms with Gasteiger partial charge in [-0.25, -0.2) is 13.6 Å². The molecule has 208 valence electrons. The Morgan fingerprint density at radius 1 is 1.15 bits per heavy atom. The van der Waals surface area contributed by atoms with E-state index in [0.717, 1.165) is 24.8 Å². The lowest BCUT2D eigenvalue weighted by Gasteiger charge is -2.35. The third-order valence-electron chi connectivity index (χ3n) is 7.78. The van der Waals surface area contributed by atoms with Gasteiger partial charge in [0.15, 0.2) is 17.4 Å². The van der Waals surface area contributed by atoms with Crippen molar-refractivity contribution in [3.63, 3.8) is 0 Å². The highest BCUT2D eigenvalue weighted by atomic mass is 35.5. The Hall–Kier alpha value is -3.43. The number of rotatable bonds is 3. The molecule has 1 atom stereocenters. The Morgan fingerprint density at radius 2 is 1.93 bits per heavy atom. The van der Waals surface area contributed by atoms with Crippen molar-refractivity contribution in [2.75, 3.05) is 23.8 Å². The van der Waals surface area contributed by atoms with E-state index in [-0.39, 0.29) is 51.2 Å². The Labute approximate surface area is 239 Å². The summed E-state index contributed by atoms with van der Waals surface area (Å²) in [6, 6.07) is 4.28. The molecule has 0 spiro atoms. The van der Waals surface area contributed by atoms with Gasteiger partial charge >= 0.3 is 5.69 Å². The number of anilines is 2. The van der Waals surface area contributed by atoms with Crippen LogP contribution >= 0.6 is 23.2 Å². The highest BCUT2D eigenvalue weighted by molar-refractivity contribution is 6.37. The zero-order chi connectivity index (χ0) is 28.5. The van der Waals surface area contributed by atoms with Crippen LogP contribution in [0.3, 0.4) is 0 Å². The van der Waals surface area contributed by atoms with Gasteiger partial charge in [-0.3, -0.25) is 9.55 Å². The van der Waals surface area contributed by atoms with Crippen LogP contribution in [0.2, 0.25) is 10.0 Å². The summed E-state index contributed by atoms with van der Waals surface area (Å²) < 4.78 is 39.6. The fourth-order valence-electron chi connectivity index (χ4n) is 5.84. The predicted molar refractivity (Wildman–Crippen MR) is 154 cm³/mol. The maximum absolute atomic E-state index is 16.5. The number of aryl methyl sites for hydroxylation is 1. The number of ether oxygens (including phenoxy) is 1. The molecule has 4 aromatic rings. The summed E-state index contributed by atoms with van der Waals surface area (Å²) in [6.45, 7) is 6.63. The van der Waals surface area contributed by atoms with Gasteiger partial charge in [0.2, 0.25) is 0 Å². The van der Waals surface area contributed by atoms with Gasteiger partial charge in [-0.2, -0.15) is 4.98 Å².